The molecule has 0 N–H and O–H groups in total. The van der Waals surface area contributed by atoms with Gasteiger partial charge in [-0.1, -0.05) is 13.8 Å². The quantitative estimate of drug-likeness (QED) is 0.298. The fourth-order valence-corrected chi connectivity index (χ4v) is 2.77. The number of rotatable bonds is 9. The van der Waals surface area contributed by atoms with E-state index in [1.165, 1.54) is 12.8 Å². The van der Waals surface area contributed by atoms with Crippen molar-refractivity contribution in [2.24, 2.45) is 5.92 Å². The molecule has 0 saturated heterocycles. The van der Waals surface area contributed by atoms with E-state index in [4.69, 9.17) is 4.74 Å². The zero-order valence-corrected chi connectivity index (χ0v) is 14.1. The van der Waals surface area contributed by atoms with Crippen LogP contribution in [0.4, 0.5) is 0 Å². The molecule has 6 nitrogen and oxygen atoms in total. The lowest BCUT2D eigenvalue weighted by molar-refractivity contribution is 0.0520. The molecular weight excluding hydrogens is 303 g/mol. The molecule has 1 aromatic heterocycles. The highest BCUT2D eigenvalue weighted by molar-refractivity contribution is 7.11. The molecule has 0 fully saturated rings. The van der Waals surface area contributed by atoms with E-state index in [0.717, 1.165) is 11.3 Å². The monoisotopic (exact) mass is 323 g/mol. The second kappa shape index (κ2) is 8.80. The average molecular weight is 323 g/mol. The van der Waals surface area contributed by atoms with Crippen molar-refractivity contribution in [1.29, 1.82) is 0 Å². The Morgan fingerprint density at radius 1 is 1.50 bits per heavy atom. The van der Waals surface area contributed by atoms with E-state index in [1.54, 1.807) is 18.8 Å². The molecule has 0 bridgehead atoms. The van der Waals surface area contributed by atoms with E-state index < -0.39 is 5.97 Å². The summed E-state index contributed by atoms with van der Waals surface area (Å²) in [4.78, 5) is 40.3. The van der Waals surface area contributed by atoms with Gasteiger partial charge in [0, 0.05) is 17.8 Å². The molecule has 0 aliphatic rings. The van der Waals surface area contributed by atoms with Gasteiger partial charge in [-0.2, -0.15) is 0 Å². The number of ketones is 1. The highest BCUT2D eigenvalue weighted by Gasteiger charge is 2.25. The number of carbonyl (C=O) groups is 3. The SMILES string of the molecule is CCOC(=O)c1csc(C(=O)CC(C(C)C)N(C)[B]C=O)n1. The Morgan fingerprint density at radius 3 is 2.73 bits per heavy atom. The molecule has 0 spiro atoms. The van der Waals surface area contributed by atoms with Gasteiger partial charge in [0.1, 0.15) is 0 Å². The molecule has 0 aliphatic carbocycles. The molecule has 1 aromatic rings. The van der Waals surface area contributed by atoms with Crippen molar-refractivity contribution in [3.8, 4) is 0 Å². The van der Waals surface area contributed by atoms with Crippen LogP contribution >= 0.6 is 11.3 Å². The number of hydrogen-bond acceptors (Lipinski definition) is 7. The molecule has 1 atom stereocenters. The van der Waals surface area contributed by atoms with Crippen LogP contribution in [0, 0.1) is 5.92 Å². The van der Waals surface area contributed by atoms with Crippen LogP contribution in [-0.2, 0) is 9.53 Å². The summed E-state index contributed by atoms with van der Waals surface area (Å²) in [5.41, 5.74) is 0.157. The van der Waals surface area contributed by atoms with Crippen molar-refractivity contribution in [3.63, 3.8) is 0 Å². The Balaban J connectivity index is 2.78. The lowest BCUT2D eigenvalue weighted by atomic mass is 9.87. The lowest BCUT2D eigenvalue weighted by Crippen LogP contribution is -2.40. The maximum absolute atomic E-state index is 12.3. The summed E-state index contributed by atoms with van der Waals surface area (Å²) >= 11 is 1.13. The van der Waals surface area contributed by atoms with Gasteiger partial charge in [-0.3, -0.25) is 4.79 Å². The van der Waals surface area contributed by atoms with Crippen LogP contribution in [0.2, 0.25) is 0 Å². The molecule has 119 valence electrons. The number of hydrogen-bond donors (Lipinski definition) is 0. The number of ether oxygens (including phenoxy) is 1. The summed E-state index contributed by atoms with van der Waals surface area (Å²) in [6.07, 6.45) is 0.927. The van der Waals surface area contributed by atoms with Crippen molar-refractivity contribution < 1.29 is 19.1 Å². The number of carbonyl (C=O) groups excluding carboxylic acids is 3. The molecule has 1 unspecified atom stereocenters. The van der Waals surface area contributed by atoms with E-state index in [1.807, 2.05) is 13.8 Å². The minimum atomic E-state index is -0.524. The van der Waals surface area contributed by atoms with Crippen molar-refractivity contribution >= 4 is 36.7 Å². The Bertz CT molecular complexity index is 533. The Labute approximate surface area is 135 Å². The van der Waals surface area contributed by atoms with Crippen LogP contribution in [0.1, 0.15) is 47.5 Å². The Hall–Kier alpha value is -1.54. The molecule has 1 radical (unpaired) electrons. The number of aromatic nitrogens is 1. The van der Waals surface area contributed by atoms with Gasteiger partial charge in [0.2, 0.25) is 0 Å². The summed E-state index contributed by atoms with van der Waals surface area (Å²) in [5.74, 6) is -0.482. The van der Waals surface area contributed by atoms with Crippen molar-refractivity contribution in [3.05, 3.63) is 16.1 Å². The number of nitrogens with zero attached hydrogens (tertiary/aromatic N) is 2. The van der Waals surface area contributed by atoms with Crippen LogP contribution in [-0.4, -0.2) is 54.8 Å². The fourth-order valence-electron chi connectivity index (χ4n) is 2.03. The van der Waals surface area contributed by atoms with Crippen LogP contribution < -0.4 is 0 Å². The van der Waals surface area contributed by atoms with E-state index in [2.05, 4.69) is 4.98 Å². The van der Waals surface area contributed by atoms with Crippen LogP contribution in [0.5, 0.6) is 0 Å². The molecule has 1 rings (SSSR count). The zero-order chi connectivity index (χ0) is 16.7. The third-order valence-corrected chi connectivity index (χ3v) is 4.09. The first-order valence-corrected chi connectivity index (χ1v) is 7.95. The minimum Gasteiger partial charge on any atom is -0.461 e. The summed E-state index contributed by atoms with van der Waals surface area (Å²) in [7, 11) is 3.17. The van der Waals surface area contributed by atoms with Gasteiger partial charge < -0.3 is 14.3 Å². The molecule has 0 aromatic carbocycles. The van der Waals surface area contributed by atoms with Gasteiger partial charge in [0.05, 0.1) is 12.8 Å². The van der Waals surface area contributed by atoms with Crippen LogP contribution in [0.25, 0.3) is 0 Å². The summed E-state index contributed by atoms with van der Waals surface area (Å²) in [6, 6.07) is -0.104. The number of thiazole rings is 1. The predicted octanol–water partition coefficient (Wildman–Crippen LogP) is 1.66. The van der Waals surface area contributed by atoms with Crippen LogP contribution in [0.15, 0.2) is 5.38 Å². The second-order valence-corrected chi connectivity index (χ2v) is 6.01. The van der Waals surface area contributed by atoms with E-state index >= 15 is 0 Å². The summed E-state index contributed by atoms with van der Waals surface area (Å²) < 4.78 is 4.85. The zero-order valence-electron chi connectivity index (χ0n) is 13.2. The van der Waals surface area contributed by atoms with E-state index in [9.17, 15) is 14.4 Å². The van der Waals surface area contributed by atoms with Gasteiger partial charge >= 0.3 is 5.97 Å². The van der Waals surface area contributed by atoms with Gasteiger partial charge in [-0.15, -0.1) is 11.3 Å². The fraction of sp³-hybridized carbons (Fsp3) is 0.571. The molecule has 0 saturated carbocycles. The Kier molecular flexibility index (Phi) is 7.40. The topological polar surface area (TPSA) is 76.6 Å². The van der Waals surface area contributed by atoms with Crippen molar-refractivity contribution in [2.75, 3.05) is 13.7 Å². The van der Waals surface area contributed by atoms with Gasteiger partial charge in [-0.05, 0) is 19.9 Å². The lowest BCUT2D eigenvalue weighted by Gasteiger charge is -2.28. The van der Waals surface area contributed by atoms with E-state index in [-0.39, 0.29) is 41.5 Å². The highest BCUT2D eigenvalue weighted by atomic mass is 32.1. The normalized spacial score (nSPS) is 12.3. The summed E-state index contributed by atoms with van der Waals surface area (Å²) in [6.45, 7) is 5.95. The highest BCUT2D eigenvalue weighted by Crippen LogP contribution is 2.18. The third kappa shape index (κ3) is 5.03. The first-order chi connectivity index (χ1) is 10.4. The maximum atomic E-state index is 12.3. The molecule has 8 heteroatoms. The van der Waals surface area contributed by atoms with Gasteiger partial charge in [0.15, 0.2) is 16.5 Å². The average Bonchev–Trinajstić information content (AvgIpc) is 2.94. The molecule has 22 heavy (non-hydrogen) atoms. The Morgan fingerprint density at radius 2 is 2.18 bits per heavy atom. The van der Waals surface area contributed by atoms with Crippen molar-refractivity contribution in [2.45, 2.75) is 33.2 Å². The standard InChI is InChI=1S/C14H20BN2O4S/c1-5-21-14(20)10-7-22-13(16-10)12(19)6-11(9(2)3)17(4)15-8-18/h7-9,11H,5-6H2,1-4H3. The predicted molar refractivity (Wildman–Crippen MR) is 85.9 cm³/mol. The van der Waals surface area contributed by atoms with E-state index in [0.29, 0.717) is 6.19 Å². The first kappa shape index (κ1) is 18.5. The molecule has 1 heterocycles. The third-order valence-electron chi connectivity index (χ3n) is 3.21. The summed E-state index contributed by atoms with van der Waals surface area (Å²) in [5, 5.41) is 1.81. The number of esters is 1. The van der Waals surface area contributed by atoms with Gasteiger partial charge in [0.25, 0.3) is 7.41 Å². The van der Waals surface area contributed by atoms with Crippen molar-refractivity contribution in [1.82, 2.24) is 9.79 Å². The smallest absolute Gasteiger partial charge is 0.357 e. The minimum absolute atomic E-state index is 0.104. The number of Topliss-reactive ketones (excluding diaryl/α,β-unsaturated/α-hetero) is 1. The second-order valence-electron chi connectivity index (χ2n) is 5.15. The first-order valence-electron chi connectivity index (χ1n) is 7.07. The molecule has 0 aliphatic heterocycles. The van der Waals surface area contributed by atoms with Crippen LogP contribution in [0.3, 0.4) is 0 Å². The molecule has 0 amide bonds. The maximum Gasteiger partial charge on any atom is 0.357 e. The largest absolute Gasteiger partial charge is 0.461 e. The van der Waals surface area contributed by atoms with Gasteiger partial charge in [-0.25, -0.2) is 9.78 Å². The molecular formula is C14H20BN2O4S.